The highest BCUT2D eigenvalue weighted by atomic mass is 32.2. The second-order valence-electron chi connectivity index (χ2n) is 5.11. The van der Waals surface area contributed by atoms with E-state index in [1.807, 2.05) is 6.92 Å². The van der Waals surface area contributed by atoms with Gasteiger partial charge >= 0.3 is 0 Å². The summed E-state index contributed by atoms with van der Waals surface area (Å²) in [5.74, 6) is 0.762. The van der Waals surface area contributed by atoms with Gasteiger partial charge in [-0.1, -0.05) is 0 Å². The first-order valence-electron chi connectivity index (χ1n) is 7.22. The highest BCUT2D eigenvalue weighted by molar-refractivity contribution is 7.90. The molecular weight excluding hydrogens is 328 g/mol. The first-order chi connectivity index (χ1) is 10.1. The van der Waals surface area contributed by atoms with Crippen LogP contribution < -0.4 is 15.4 Å². The number of rotatable bonds is 10. The van der Waals surface area contributed by atoms with Gasteiger partial charge in [0, 0.05) is 32.4 Å². The summed E-state index contributed by atoms with van der Waals surface area (Å²) >= 11 is 0. The van der Waals surface area contributed by atoms with Gasteiger partial charge in [-0.15, -0.1) is 0 Å². The zero-order chi connectivity index (χ0) is 17.2. The normalized spacial score (nSPS) is 14.6. The molecule has 0 amide bonds. The molecule has 0 rings (SSSR count). The van der Waals surface area contributed by atoms with E-state index in [9.17, 15) is 16.8 Å². The Morgan fingerprint density at radius 1 is 1.18 bits per heavy atom. The van der Waals surface area contributed by atoms with Crippen LogP contribution in [-0.4, -0.2) is 66.7 Å². The topological polar surface area (TPSA) is 117 Å². The van der Waals surface area contributed by atoms with Gasteiger partial charge < -0.3 is 10.6 Å². The Labute approximate surface area is 134 Å². The number of nitrogens with one attached hydrogen (secondary N) is 3. The third kappa shape index (κ3) is 11.8. The largest absolute Gasteiger partial charge is 0.356 e. The SMILES string of the molecule is CCS(=O)(=O)NCCCNC(=NC)NC(C)CCS(C)(=O)=O. The van der Waals surface area contributed by atoms with Crippen LogP contribution in [0.3, 0.4) is 0 Å². The van der Waals surface area contributed by atoms with Gasteiger partial charge in [-0.3, -0.25) is 4.99 Å². The summed E-state index contributed by atoms with van der Waals surface area (Å²) in [7, 11) is -4.49. The third-order valence-electron chi connectivity index (χ3n) is 2.88. The van der Waals surface area contributed by atoms with Crippen LogP contribution in [0.2, 0.25) is 0 Å². The summed E-state index contributed by atoms with van der Waals surface area (Å²) in [6.45, 7) is 4.40. The van der Waals surface area contributed by atoms with Crippen LogP contribution in [-0.2, 0) is 19.9 Å². The number of hydrogen-bond donors (Lipinski definition) is 3. The third-order valence-corrected chi connectivity index (χ3v) is 5.26. The molecule has 0 aromatic rings. The average Bonchev–Trinajstić information content (AvgIpc) is 2.42. The molecule has 10 heteroatoms. The number of nitrogens with zero attached hydrogens (tertiary/aromatic N) is 1. The van der Waals surface area contributed by atoms with Crippen molar-refractivity contribution in [1.82, 2.24) is 15.4 Å². The average molecular weight is 357 g/mol. The molecule has 0 spiro atoms. The minimum atomic E-state index is -3.15. The van der Waals surface area contributed by atoms with Gasteiger partial charge in [0.1, 0.15) is 9.84 Å². The van der Waals surface area contributed by atoms with Crippen molar-refractivity contribution >= 4 is 25.8 Å². The fraction of sp³-hybridized carbons (Fsp3) is 0.917. The molecule has 0 bridgehead atoms. The van der Waals surface area contributed by atoms with E-state index in [1.165, 1.54) is 6.26 Å². The molecule has 0 aliphatic heterocycles. The smallest absolute Gasteiger partial charge is 0.211 e. The van der Waals surface area contributed by atoms with E-state index in [4.69, 9.17) is 0 Å². The Morgan fingerprint density at radius 3 is 2.32 bits per heavy atom. The second kappa shape index (κ2) is 10.0. The zero-order valence-corrected chi connectivity index (χ0v) is 15.3. The monoisotopic (exact) mass is 356 g/mol. The molecule has 0 radical (unpaired) electrons. The van der Waals surface area contributed by atoms with E-state index < -0.39 is 19.9 Å². The Hall–Kier alpha value is -0.870. The van der Waals surface area contributed by atoms with Crippen LogP contribution >= 0.6 is 0 Å². The number of sulfonamides is 1. The first-order valence-corrected chi connectivity index (χ1v) is 10.9. The number of hydrogen-bond acceptors (Lipinski definition) is 5. The van der Waals surface area contributed by atoms with Crippen molar-refractivity contribution < 1.29 is 16.8 Å². The van der Waals surface area contributed by atoms with Gasteiger partial charge in [0.2, 0.25) is 10.0 Å². The summed E-state index contributed by atoms with van der Waals surface area (Å²) < 4.78 is 47.2. The maximum absolute atomic E-state index is 11.2. The molecule has 0 aromatic heterocycles. The lowest BCUT2D eigenvalue weighted by atomic mass is 10.3. The van der Waals surface area contributed by atoms with Gasteiger partial charge in [-0.2, -0.15) is 0 Å². The van der Waals surface area contributed by atoms with Crippen LogP contribution in [0.1, 0.15) is 26.7 Å². The molecule has 0 aromatic carbocycles. The Balaban J connectivity index is 3.98. The van der Waals surface area contributed by atoms with Crippen LogP contribution in [0.4, 0.5) is 0 Å². The van der Waals surface area contributed by atoms with Crippen LogP contribution in [0, 0.1) is 0 Å². The maximum atomic E-state index is 11.2. The van der Waals surface area contributed by atoms with Gasteiger partial charge in [-0.05, 0) is 26.7 Å². The summed E-state index contributed by atoms with van der Waals surface area (Å²) in [6.07, 6.45) is 2.33. The molecule has 1 unspecified atom stereocenters. The molecular formula is C12H28N4O4S2. The van der Waals surface area contributed by atoms with Crippen molar-refractivity contribution in [2.45, 2.75) is 32.7 Å². The number of aliphatic imine (C=N–C) groups is 1. The Bertz CT molecular complexity index is 543. The van der Waals surface area contributed by atoms with Crippen molar-refractivity contribution in [3.05, 3.63) is 0 Å². The summed E-state index contributed by atoms with van der Waals surface area (Å²) in [5, 5.41) is 6.15. The van der Waals surface area contributed by atoms with E-state index in [1.54, 1.807) is 14.0 Å². The molecule has 0 aliphatic carbocycles. The quantitative estimate of drug-likeness (QED) is 0.271. The van der Waals surface area contributed by atoms with E-state index >= 15 is 0 Å². The van der Waals surface area contributed by atoms with Crippen LogP contribution in [0.25, 0.3) is 0 Å². The van der Waals surface area contributed by atoms with E-state index in [-0.39, 0.29) is 17.5 Å². The molecule has 0 saturated heterocycles. The highest BCUT2D eigenvalue weighted by Crippen LogP contribution is 1.95. The van der Waals surface area contributed by atoms with Gasteiger partial charge in [0.15, 0.2) is 5.96 Å². The minimum Gasteiger partial charge on any atom is -0.356 e. The number of guanidine groups is 1. The van der Waals surface area contributed by atoms with E-state index in [0.717, 1.165) is 0 Å². The molecule has 22 heavy (non-hydrogen) atoms. The molecule has 0 aliphatic rings. The fourth-order valence-electron chi connectivity index (χ4n) is 1.52. The van der Waals surface area contributed by atoms with Gasteiger partial charge in [0.25, 0.3) is 0 Å². The predicted octanol–water partition coefficient (Wildman–Crippen LogP) is -0.696. The molecule has 0 fully saturated rings. The lowest BCUT2D eigenvalue weighted by Crippen LogP contribution is -2.43. The molecule has 1 atom stereocenters. The van der Waals surface area contributed by atoms with Crippen molar-refractivity contribution in [3.8, 4) is 0 Å². The second-order valence-corrected chi connectivity index (χ2v) is 9.47. The standard InChI is InChI=1S/C12H28N4O4S2/c1-5-22(19,20)15-9-6-8-14-12(13-3)16-11(2)7-10-21(4,17)18/h11,15H,5-10H2,1-4H3,(H2,13,14,16). The van der Waals surface area contributed by atoms with Crippen molar-refractivity contribution in [1.29, 1.82) is 0 Å². The highest BCUT2D eigenvalue weighted by Gasteiger charge is 2.09. The molecule has 132 valence electrons. The van der Waals surface area contributed by atoms with E-state index in [0.29, 0.717) is 31.9 Å². The van der Waals surface area contributed by atoms with Crippen molar-refractivity contribution in [2.24, 2.45) is 4.99 Å². The molecule has 3 N–H and O–H groups in total. The van der Waals surface area contributed by atoms with Crippen molar-refractivity contribution in [2.75, 3.05) is 37.9 Å². The lowest BCUT2D eigenvalue weighted by Gasteiger charge is -2.17. The summed E-state index contributed by atoms with van der Waals surface area (Å²) in [6, 6.07) is -0.0282. The molecule has 0 heterocycles. The predicted molar refractivity (Wildman–Crippen MR) is 90.4 cm³/mol. The first kappa shape index (κ1) is 21.1. The van der Waals surface area contributed by atoms with Gasteiger partial charge in [0.05, 0.1) is 11.5 Å². The van der Waals surface area contributed by atoms with Crippen LogP contribution in [0.15, 0.2) is 4.99 Å². The van der Waals surface area contributed by atoms with Crippen molar-refractivity contribution in [3.63, 3.8) is 0 Å². The molecule has 0 saturated carbocycles. The molecule has 8 nitrogen and oxygen atoms in total. The minimum absolute atomic E-state index is 0.0282. The summed E-state index contributed by atoms with van der Waals surface area (Å²) in [5.41, 5.74) is 0. The van der Waals surface area contributed by atoms with Crippen LogP contribution in [0.5, 0.6) is 0 Å². The van der Waals surface area contributed by atoms with E-state index in [2.05, 4.69) is 20.3 Å². The zero-order valence-electron chi connectivity index (χ0n) is 13.7. The summed E-state index contributed by atoms with van der Waals surface area (Å²) in [4.78, 5) is 4.04. The fourth-order valence-corrected chi connectivity index (χ4v) is 2.96. The lowest BCUT2D eigenvalue weighted by molar-refractivity contribution is 0.575. The number of sulfone groups is 1. The Morgan fingerprint density at radius 2 is 1.82 bits per heavy atom. The van der Waals surface area contributed by atoms with Gasteiger partial charge in [-0.25, -0.2) is 21.6 Å². The Kier molecular flexibility index (Phi) is 9.61. The maximum Gasteiger partial charge on any atom is 0.211 e.